The molecule has 2 aromatic rings. The highest BCUT2D eigenvalue weighted by atomic mass is 35.5. The maximum Gasteiger partial charge on any atom is 0.0459 e. The van der Waals surface area contributed by atoms with Gasteiger partial charge < -0.3 is 4.98 Å². The number of hydrogen-bond donors (Lipinski definition) is 1. The number of H-pyrrole nitrogens is 1. The van der Waals surface area contributed by atoms with E-state index in [-0.39, 0.29) is 0 Å². The normalized spacial score (nSPS) is 10.9. The van der Waals surface area contributed by atoms with Crippen LogP contribution < -0.4 is 0 Å². The van der Waals surface area contributed by atoms with Gasteiger partial charge in [0.05, 0.1) is 0 Å². The van der Waals surface area contributed by atoms with E-state index < -0.39 is 0 Å². The Labute approximate surface area is 82.7 Å². The highest BCUT2D eigenvalue weighted by Crippen LogP contribution is 2.22. The van der Waals surface area contributed by atoms with Crippen LogP contribution in [0.1, 0.15) is 11.1 Å². The molecule has 0 bridgehead atoms. The van der Waals surface area contributed by atoms with Crippen molar-refractivity contribution in [1.29, 1.82) is 0 Å². The fraction of sp³-hybridized carbons (Fsp3) is 0.273. The van der Waals surface area contributed by atoms with Crippen molar-refractivity contribution in [1.82, 2.24) is 4.98 Å². The maximum atomic E-state index is 5.73. The standard InChI is InChI=1S/C11H12ClN/c1-8-3-2-4-10-11(8)9(5-6-12)7-13-10/h2-4,7,13H,5-6H2,1H3. The number of alkyl halides is 1. The predicted octanol–water partition coefficient (Wildman–Crippen LogP) is 3.26. The lowest BCUT2D eigenvalue weighted by Gasteiger charge is -1.98. The number of aromatic nitrogens is 1. The number of aryl methyl sites for hydroxylation is 2. The Kier molecular flexibility index (Phi) is 2.28. The number of rotatable bonds is 2. The zero-order chi connectivity index (χ0) is 9.26. The highest BCUT2D eigenvalue weighted by Gasteiger charge is 2.04. The van der Waals surface area contributed by atoms with E-state index >= 15 is 0 Å². The van der Waals surface area contributed by atoms with Gasteiger partial charge >= 0.3 is 0 Å². The fourth-order valence-corrected chi connectivity index (χ4v) is 1.95. The van der Waals surface area contributed by atoms with Crippen LogP contribution in [0.5, 0.6) is 0 Å². The largest absolute Gasteiger partial charge is 0.361 e. The van der Waals surface area contributed by atoms with Crippen molar-refractivity contribution >= 4 is 22.5 Å². The van der Waals surface area contributed by atoms with Crippen molar-refractivity contribution in [2.45, 2.75) is 13.3 Å². The smallest absolute Gasteiger partial charge is 0.0459 e. The third-order valence-electron chi connectivity index (χ3n) is 2.36. The number of benzene rings is 1. The van der Waals surface area contributed by atoms with E-state index in [1.54, 1.807) is 0 Å². The second-order valence-corrected chi connectivity index (χ2v) is 3.63. The van der Waals surface area contributed by atoms with E-state index in [2.05, 4.69) is 36.3 Å². The van der Waals surface area contributed by atoms with E-state index in [1.807, 2.05) is 0 Å². The van der Waals surface area contributed by atoms with Gasteiger partial charge in [0.25, 0.3) is 0 Å². The molecule has 0 fully saturated rings. The molecule has 0 aliphatic heterocycles. The Morgan fingerprint density at radius 2 is 2.23 bits per heavy atom. The van der Waals surface area contributed by atoms with Crippen molar-refractivity contribution < 1.29 is 0 Å². The Bertz CT molecular complexity index is 417. The summed E-state index contributed by atoms with van der Waals surface area (Å²) in [6.07, 6.45) is 2.99. The Hall–Kier alpha value is -0.950. The first-order valence-corrected chi connectivity index (χ1v) is 4.98. The van der Waals surface area contributed by atoms with Gasteiger partial charge in [0, 0.05) is 23.0 Å². The lowest BCUT2D eigenvalue weighted by molar-refractivity contribution is 1.16. The third kappa shape index (κ3) is 1.44. The average molecular weight is 194 g/mol. The molecule has 0 amide bonds. The van der Waals surface area contributed by atoms with Crippen LogP contribution in [-0.2, 0) is 6.42 Å². The minimum absolute atomic E-state index is 0.682. The lowest BCUT2D eigenvalue weighted by Crippen LogP contribution is -1.84. The average Bonchev–Trinajstić information content (AvgIpc) is 2.51. The molecule has 1 aromatic carbocycles. The van der Waals surface area contributed by atoms with Gasteiger partial charge in [-0.2, -0.15) is 0 Å². The number of aromatic amines is 1. The van der Waals surface area contributed by atoms with Crippen LogP contribution in [0.4, 0.5) is 0 Å². The van der Waals surface area contributed by atoms with Gasteiger partial charge in [0.1, 0.15) is 0 Å². The molecule has 1 N–H and O–H groups in total. The van der Waals surface area contributed by atoms with Crippen LogP contribution in [0.15, 0.2) is 24.4 Å². The van der Waals surface area contributed by atoms with E-state index in [9.17, 15) is 0 Å². The Morgan fingerprint density at radius 1 is 1.38 bits per heavy atom. The van der Waals surface area contributed by atoms with Crippen LogP contribution in [0.3, 0.4) is 0 Å². The number of fused-ring (bicyclic) bond motifs is 1. The third-order valence-corrected chi connectivity index (χ3v) is 2.55. The Balaban J connectivity index is 2.64. The molecule has 1 heterocycles. The number of halogens is 1. The monoisotopic (exact) mass is 193 g/mol. The first-order valence-electron chi connectivity index (χ1n) is 4.44. The molecule has 0 spiro atoms. The SMILES string of the molecule is Cc1cccc2[nH]cc(CCCl)c12. The maximum absolute atomic E-state index is 5.73. The fourth-order valence-electron chi connectivity index (χ4n) is 1.75. The minimum atomic E-state index is 0.682. The lowest BCUT2D eigenvalue weighted by atomic mass is 10.1. The molecule has 0 unspecified atom stereocenters. The van der Waals surface area contributed by atoms with Crippen molar-refractivity contribution in [3.05, 3.63) is 35.5 Å². The number of hydrogen-bond acceptors (Lipinski definition) is 0. The van der Waals surface area contributed by atoms with Crippen molar-refractivity contribution in [3.8, 4) is 0 Å². The molecule has 0 saturated carbocycles. The second kappa shape index (κ2) is 3.43. The summed E-state index contributed by atoms with van der Waals surface area (Å²) in [5.41, 5.74) is 3.85. The summed E-state index contributed by atoms with van der Waals surface area (Å²) in [6, 6.07) is 6.30. The van der Waals surface area contributed by atoms with Crippen LogP contribution in [0.2, 0.25) is 0 Å². The first kappa shape index (κ1) is 8.64. The Morgan fingerprint density at radius 3 is 3.00 bits per heavy atom. The molecule has 2 rings (SSSR count). The van der Waals surface area contributed by atoms with Gasteiger partial charge in [-0.05, 0) is 30.5 Å². The van der Waals surface area contributed by atoms with Gasteiger partial charge in [-0.3, -0.25) is 0 Å². The summed E-state index contributed by atoms with van der Waals surface area (Å²) in [5, 5.41) is 1.34. The summed E-state index contributed by atoms with van der Waals surface area (Å²) >= 11 is 5.73. The van der Waals surface area contributed by atoms with E-state index in [1.165, 1.54) is 22.0 Å². The van der Waals surface area contributed by atoms with Crippen LogP contribution in [0, 0.1) is 6.92 Å². The van der Waals surface area contributed by atoms with Gasteiger partial charge in [-0.25, -0.2) is 0 Å². The molecule has 0 aliphatic carbocycles. The minimum Gasteiger partial charge on any atom is -0.361 e. The molecule has 0 saturated heterocycles. The molecule has 0 atom stereocenters. The van der Waals surface area contributed by atoms with E-state index in [0.29, 0.717) is 5.88 Å². The highest BCUT2D eigenvalue weighted by molar-refractivity contribution is 6.18. The summed E-state index contributed by atoms with van der Waals surface area (Å²) in [5.74, 6) is 0.682. The second-order valence-electron chi connectivity index (χ2n) is 3.25. The molecule has 1 nitrogen and oxygen atoms in total. The molecular formula is C11H12ClN. The zero-order valence-electron chi connectivity index (χ0n) is 7.60. The molecule has 13 heavy (non-hydrogen) atoms. The molecule has 0 aliphatic rings. The summed E-state index contributed by atoms with van der Waals surface area (Å²) < 4.78 is 0. The molecule has 0 radical (unpaired) electrons. The van der Waals surface area contributed by atoms with Gasteiger partial charge in [-0.1, -0.05) is 12.1 Å². The summed E-state index contributed by atoms with van der Waals surface area (Å²) in [7, 11) is 0. The van der Waals surface area contributed by atoms with Crippen molar-refractivity contribution in [3.63, 3.8) is 0 Å². The van der Waals surface area contributed by atoms with E-state index in [0.717, 1.165) is 6.42 Å². The summed E-state index contributed by atoms with van der Waals surface area (Å²) in [6.45, 7) is 2.13. The van der Waals surface area contributed by atoms with Crippen LogP contribution in [-0.4, -0.2) is 10.9 Å². The van der Waals surface area contributed by atoms with Gasteiger partial charge in [0.15, 0.2) is 0 Å². The number of nitrogens with one attached hydrogen (secondary N) is 1. The quantitative estimate of drug-likeness (QED) is 0.705. The predicted molar refractivity (Wildman–Crippen MR) is 57.5 cm³/mol. The molecule has 68 valence electrons. The molecule has 1 aromatic heterocycles. The molecule has 2 heteroatoms. The van der Waals surface area contributed by atoms with Crippen molar-refractivity contribution in [2.75, 3.05) is 5.88 Å². The van der Waals surface area contributed by atoms with Crippen LogP contribution >= 0.6 is 11.6 Å². The molecular weight excluding hydrogens is 182 g/mol. The van der Waals surface area contributed by atoms with Gasteiger partial charge in [-0.15, -0.1) is 11.6 Å². The van der Waals surface area contributed by atoms with Gasteiger partial charge in [0.2, 0.25) is 0 Å². The van der Waals surface area contributed by atoms with Crippen LogP contribution in [0.25, 0.3) is 10.9 Å². The first-order chi connectivity index (χ1) is 6.33. The zero-order valence-corrected chi connectivity index (χ0v) is 8.36. The topological polar surface area (TPSA) is 15.8 Å². The summed E-state index contributed by atoms with van der Waals surface area (Å²) in [4.78, 5) is 3.26. The van der Waals surface area contributed by atoms with Crippen molar-refractivity contribution in [2.24, 2.45) is 0 Å². The van der Waals surface area contributed by atoms with E-state index in [4.69, 9.17) is 11.6 Å².